The van der Waals surface area contributed by atoms with Gasteiger partial charge in [0.15, 0.2) is 0 Å². The molecule has 10 nitrogen and oxygen atoms in total. The number of fused-ring (bicyclic) bond motifs is 1. The molecule has 4 atom stereocenters. The van der Waals surface area contributed by atoms with Gasteiger partial charge in [-0.2, -0.15) is 0 Å². The summed E-state index contributed by atoms with van der Waals surface area (Å²) >= 11 is 0. The first-order valence-electron chi connectivity index (χ1n) is 13.0. The van der Waals surface area contributed by atoms with Gasteiger partial charge in [-0.15, -0.1) is 0 Å². The molecule has 0 saturated heterocycles. The standard InChI is InChI=1S/C29H37N5O5/c1-17(2)13-22(30)26(35)33-25(15-20-16-31-23-12-8-7-11-21(20)23)28(37)34-24(14-19-9-5-4-6-10-19)27(36)32-18(3)29(38)39/h4-12,16-18,22,24-25,31H,13-15,30H2,1-3H3,(H,32,36)(H,33,35)(H,34,37)(H,38,39). The summed E-state index contributed by atoms with van der Waals surface area (Å²) in [7, 11) is 0. The average Bonchev–Trinajstić information content (AvgIpc) is 3.30. The molecule has 3 aromatic rings. The van der Waals surface area contributed by atoms with E-state index in [0.717, 1.165) is 22.0 Å². The van der Waals surface area contributed by atoms with E-state index in [1.807, 2.05) is 68.4 Å². The molecule has 2 aromatic carbocycles. The first kappa shape index (κ1) is 29.4. The second kappa shape index (κ2) is 13.6. The molecule has 208 valence electrons. The number of benzene rings is 2. The van der Waals surface area contributed by atoms with Crippen LogP contribution in [-0.2, 0) is 32.0 Å². The number of hydrogen-bond acceptors (Lipinski definition) is 5. The highest BCUT2D eigenvalue weighted by Crippen LogP contribution is 2.19. The number of rotatable bonds is 13. The Morgan fingerprint density at radius 2 is 1.41 bits per heavy atom. The lowest BCUT2D eigenvalue weighted by Gasteiger charge is -2.25. The van der Waals surface area contributed by atoms with Crippen LogP contribution in [0.3, 0.4) is 0 Å². The molecule has 0 spiro atoms. The van der Waals surface area contributed by atoms with Crippen LogP contribution in [0.2, 0.25) is 0 Å². The minimum Gasteiger partial charge on any atom is -0.480 e. The van der Waals surface area contributed by atoms with Crippen molar-refractivity contribution in [3.05, 3.63) is 71.9 Å². The quantitative estimate of drug-likeness (QED) is 0.195. The molecule has 0 aliphatic heterocycles. The summed E-state index contributed by atoms with van der Waals surface area (Å²) in [4.78, 5) is 54.1. The zero-order chi connectivity index (χ0) is 28.5. The van der Waals surface area contributed by atoms with E-state index >= 15 is 0 Å². The number of carbonyl (C=O) groups is 4. The molecule has 1 heterocycles. The third-order valence-electron chi connectivity index (χ3n) is 6.44. The van der Waals surface area contributed by atoms with Crippen molar-refractivity contribution in [1.82, 2.24) is 20.9 Å². The third-order valence-corrected chi connectivity index (χ3v) is 6.44. The number of nitrogens with two attached hydrogens (primary N) is 1. The average molecular weight is 536 g/mol. The number of aromatic nitrogens is 1. The van der Waals surface area contributed by atoms with Crippen molar-refractivity contribution >= 4 is 34.6 Å². The molecular formula is C29H37N5O5. The fraction of sp³-hybridized carbons (Fsp3) is 0.379. The number of H-pyrrole nitrogens is 1. The molecule has 0 saturated carbocycles. The fourth-order valence-electron chi connectivity index (χ4n) is 4.33. The van der Waals surface area contributed by atoms with Gasteiger partial charge in [0.25, 0.3) is 0 Å². The molecule has 0 fully saturated rings. The second-order valence-corrected chi connectivity index (χ2v) is 10.2. The van der Waals surface area contributed by atoms with Crippen molar-refractivity contribution in [2.24, 2.45) is 11.7 Å². The van der Waals surface area contributed by atoms with Gasteiger partial charge in [-0.05, 0) is 36.5 Å². The molecule has 0 radical (unpaired) electrons. The molecule has 4 unspecified atom stereocenters. The molecule has 7 N–H and O–H groups in total. The topological polar surface area (TPSA) is 166 Å². The van der Waals surface area contributed by atoms with Crippen LogP contribution in [0.5, 0.6) is 0 Å². The summed E-state index contributed by atoms with van der Waals surface area (Å²) in [5, 5.41) is 18.1. The number of carbonyl (C=O) groups excluding carboxylic acids is 3. The number of aliphatic carboxylic acids is 1. The maximum atomic E-state index is 13.6. The number of aromatic amines is 1. The lowest BCUT2D eigenvalue weighted by Crippen LogP contribution is -2.58. The van der Waals surface area contributed by atoms with E-state index in [9.17, 15) is 24.3 Å². The Labute approximate surface area is 227 Å². The van der Waals surface area contributed by atoms with E-state index < -0.39 is 47.9 Å². The predicted molar refractivity (Wildman–Crippen MR) is 149 cm³/mol. The summed E-state index contributed by atoms with van der Waals surface area (Å²) in [6, 6.07) is 12.6. The smallest absolute Gasteiger partial charge is 0.325 e. The van der Waals surface area contributed by atoms with Crippen molar-refractivity contribution in [3.63, 3.8) is 0 Å². The van der Waals surface area contributed by atoms with Crippen molar-refractivity contribution in [1.29, 1.82) is 0 Å². The maximum absolute atomic E-state index is 13.6. The Hall–Kier alpha value is -4.18. The third kappa shape index (κ3) is 8.41. The van der Waals surface area contributed by atoms with Gasteiger partial charge in [0.2, 0.25) is 17.7 Å². The van der Waals surface area contributed by atoms with Gasteiger partial charge in [-0.25, -0.2) is 0 Å². The van der Waals surface area contributed by atoms with Crippen LogP contribution in [0, 0.1) is 5.92 Å². The molecule has 3 rings (SSSR count). The van der Waals surface area contributed by atoms with Crippen LogP contribution in [0.15, 0.2) is 60.8 Å². The van der Waals surface area contributed by atoms with Gasteiger partial charge in [0, 0.05) is 29.9 Å². The van der Waals surface area contributed by atoms with E-state index in [1.54, 1.807) is 6.20 Å². The normalized spacial score (nSPS) is 14.3. The van der Waals surface area contributed by atoms with Gasteiger partial charge < -0.3 is 31.8 Å². The Kier molecular flexibility index (Phi) is 10.2. The Morgan fingerprint density at radius 1 is 0.821 bits per heavy atom. The van der Waals surface area contributed by atoms with Crippen molar-refractivity contribution in [2.45, 2.75) is 64.2 Å². The summed E-state index contributed by atoms with van der Waals surface area (Å²) < 4.78 is 0. The van der Waals surface area contributed by atoms with E-state index in [1.165, 1.54) is 6.92 Å². The number of carboxylic acids is 1. The largest absolute Gasteiger partial charge is 0.480 e. The first-order valence-corrected chi connectivity index (χ1v) is 13.0. The van der Waals surface area contributed by atoms with Crippen LogP contribution >= 0.6 is 0 Å². The highest BCUT2D eigenvalue weighted by atomic mass is 16.4. The number of amides is 3. The minimum absolute atomic E-state index is 0.130. The zero-order valence-corrected chi connectivity index (χ0v) is 22.4. The second-order valence-electron chi connectivity index (χ2n) is 10.2. The van der Waals surface area contributed by atoms with Gasteiger partial charge in [0.05, 0.1) is 6.04 Å². The molecule has 1 aromatic heterocycles. The predicted octanol–water partition coefficient (Wildman–Crippen LogP) is 1.89. The number of para-hydroxylation sites is 1. The van der Waals surface area contributed by atoms with Crippen molar-refractivity contribution in [3.8, 4) is 0 Å². The van der Waals surface area contributed by atoms with Crippen LogP contribution in [-0.4, -0.2) is 57.9 Å². The van der Waals surface area contributed by atoms with Crippen LogP contribution in [0.4, 0.5) is 0 Å². The van der Waals surface area contributed by atoms with Gasteiger partial charge in [0.1, 0.15) is 18.1 Å². The maximum Gasteiger partial charge on any atom is 0.325 e. The van der Waals surface area contributed by atoms with Crippen molar-refractivity contribution < 1.29 is 24.3 Å². The molecule has 0 bridgehead atoms. The van der Waals surface area contributed by atoms with Crippen molar-refractivity contribution in [2.75, 3.05) is 0 Å². The van der Waals surface area contributed by atoms with Crippen LogP contribution < -0.4 is 21.7 Å². The number of carboxylic acid groups (broad SMARTS) is 1. The monoisotopic (exact) mass is 535 g/mol. The molecule has 39 heavy (non-hydrogen) atoms. The van der Waals surface area contributed by atoms with Gasteiger partial charge in [-0.1, -0.05) is 62.4 Å². The van der Waals surface area contributed by atoms with Crippen LogP contribution in [0.1, 0.15) is 38.3 Å². The lowest BCUT2D eigenvalue weighted by atomic mass is 10.0. The number of nitrogens with one attached hydrogen (secondary N) is 4. The molecule has 3 amide bonds. The van der Waals surface area contributed by atoms with E-state index in [-0.39, 0.29) is 18.8 Å². The molecule has 10 heteroatoms. The van der Waals surface area contributed by atoms with Crippen LogP contribution in [0.25, 0.3) is 10.9 Å². The van der Waals surface area contributed by atoms with E-state index in [4.69, 9.17) is 5.73 Å². The summed E-state index contributed by atoms with van der Waals surface area (Å²) in [6.07, 6.45) is 2.51. The Bertz CT molecular complexity index is 1290. The highest BCUT2D eigenvalue weighted by Gasteiger charge is 2.30. The molecule has 0 aliphatic rings. The molecule has 0 aliphatic carbocycles. The van der Waals surface area contributed by atoms with E-state index in [2.05, 4.69) is 20.9 Å². The number of hydrogen-bond donors (Lipinski definition) is 6. The SMILES string of the molecule is CC(C)CC(N)C(=O)NC(Cc1c[nH]c2ccccc12)C(=O)NC(Cc1ccccc1)C(=O)NC(C)C(=O)O. The Balaban J connectivity index is 1.87. The fourth-order valence-corrected chi connectivity index (χ4v) is 4.33. The first-order chi connectivity index (χ1) is 18.5. The molecular weight excluding hydrogens is 498 g/mol. The van der Waals surface area contributed by atoms with Gasteiger partial charge in [-0.3, -0.25) is 19.2 Å². The summed E-state index contributed by atoms with van der Waals surface area (Å²) in [5.41, 5.74) is 8.57. The van der Waals surface area contributed by atoms with Gasteiger partial charge >= 0.3 is 5.97 Å². The summed E-state index contributed by atoms with van der Waals surface area (Å²) in [5.74, 6) is -2.70. The minimum atomic E-state index is -1.20. The lowest BCUT2D eigenvalue weighted by molar-refractivity contribution is -0.141. The Morgan fingerprint density at radius 3 is 2.08 bits per heavy atom. The van der Waals surface area contributed by atoms with E-state index in [0.29, 0.717) is 6.42 Å². The zero-order valence-electron chi connectivity index (χ0n) is 22.4. The highest BCUT2D eigenvalue weighted by molar-refractivity contribution is 5.95. The summed E-state index contributed by atoms with van der Waals surface area (Å²) in [6.45, 7) is 5.25.